The molecule has 1 aromatic heterocycles. The molecular weight excluding hydrogens is 421 g/mol. The molecule has 30 heavy (non-hydrogen) atoms. The number of carbonyl (C=O) groups excluding carboxylic acids is 1. The van der Waals surface area contributed by atoms with Crippen LogP contribution in [0.4, 0.5) is 18.0 Å². The number of benzene rings is 1. The van der Waals surface area contributed by atoms with Crippen molar-refractivity contribution in [1.82, 2.24) is 20.2 Å². The molecular formula is C20H22ClF3N4O2. The highest BCUT2D eigenvalue weighted by Crippen LogP contribution is 2.32. The number of aliphatic hydroxyl groups is 1. The number of hydrogen-bond acceptors (Lipinski definition) is 4. The largest absolute Gasteiger partial charge is 0.416 e. The second kappa shape index (κ2) is 9.18. The van der Waals surface area contributed by atoms with Crippen LogP contribution >= 0.6 is 11.6 Å². The number of aromatic nitrogens is 2. The van der Waals surface area contributed by atoms with E-state index in [4.69, 9.17) is 11.6 Å². The molecule has 0 unspecified atom stereocenters. The van der Waals surface area contributed by atoms with Crippen molar-refractivity contribution in [2.75, 3.05) is 13.2 Å². The molecule has 10 heteroatoms. The molecule has 0 saturated carbocycles. The molecule has 1 aliphatic rings. The third-order valence-electron chi connectivity index (χ3n) is 4.94. The van der Waals surface area contributed by atoms with Crippen molar-refractivity contribution in [1.29, 1.82) is 0 Å². The van der Waals surface area contributed by atoms with Gasteiger partial charge in [0.1, 0.15) is 5.82 Å². The average molecular weight is 443 g/mol. The molecule has 162 valence electrons. The van der Waals surface area contributed by atoms with Crippen molar-refractivity contribution in [3.05, 3.63) is 57.6 Å². The van der Waals surface area contributed by atoms with Gasteiger partial charge >= 0.3 is 12.2 Å². The van der Waals surface area contributed by atoms with Crippen LogP contribution in [0.5, 0.6) is 0 Å². The van der Waals surface area contributed by atoms with Gasteiger partial charge in [-0.3, -0.25) is 0 Å². The molecule has 0 spiro atoms. The lowest BCUT2D eigenvalue weighted by atomic mass is 10.1. The second-order valence-electron chi connectivity index (χ2n) is 7.38. The molecule has 1 aliphatic heterocycles. The summed E-state index contributed by atoms with van der Waals surface area (Å²) in [5, 5.41) is 11.8. The van der Waals surface area contributed by atoms with E-state index in [1.54, 1.807) is 11.1 Å². The van der Waals surface area contributed by atoms with E-state index in [1.165, 1.54) is 6.07 Å². The van der Waals surface area contributed by atoms with Crippen LogP contribution < -0.4 is 5.32 Å². The summed E-state index contributed by atoms with van der Waals surface area (Å²) in [7, 11) is 0. The molecule has 1 aromatic carbocycles. The third-order valence-corrected chi connectivity index (χ3v) is 5.29. The van der Waals surface area contributed by atoms with E-state index in [2.05, 4.69) is 15.3 Å². The number of hydrogen-bond donors (Lipinski definition) is 2. The molecule has 2 aromatic rings. The van der Waals surface area contributed by atoms with Crippen molar-refractivity contribution in [3.8, 4) is 0 Å². The van der Waals surface area contributed by atoms with Gasteiger partial charge in [0.2, 0.25) is 0 Å². The first kappa shape index (κ1) is 22.3. The maximum absolute atomic E-state index is 12.7. The molecule has 6 nitrogen and oxygen atoms in total. The third kappa shape index (κ3) is 5.40. The molecule has 0 saturated heterocycles. The summed E-state index contributed by atoms with van der Waals surface area (Å²) in [6, 6.07) is 2.71. The first-order valence-electron chi connectivity index (χ1n) is 9.50. The highest BCUT2D eigenvalue weighted by molar-refractivity contribution is 6.31. The summed E-state index contributed by atoms with van der Waals surface area (Å²) in [5.74, 6) is 0.661. The van der Waals surface area contributed by atoms with E-state index in [-0.39, 0.29) is 30.1 Å². The van der Waals surface area contributed by atoms with E-state index in [1.807, 2.05) is 6.92 Å². The Labute approximate surface area is 177 Å². The highest BCUT2D eigenvalue weighted by atomic mass is 35.5. The maximum Gasteiger partial charge on any atom is 0.416 e. The molecule has 0 radical (unpaired) electrons. The Morgan fingerprint density at radius 2 is 2.17 bits per heavy atom. The van der Waals surface area contributed by atoms with Crippen LogP contribution in [0, 0.1) is 5.92 Å². The summed E-state index contributed by atoms with van der Waals surface area (Å²) in [6.07, 6.45) is -1.55. The number of halogens is 4. The Morgan fingerprint density at radius 1 is 1.40 bits per heavy atom. The van der Waals surface area contributed by atoms with Gasteiger partial charge in [-0.2, -0.15) is 13.2 Å². The molecule has 0 aliphatic carbocycles. The molecule has 1 atom stereocenters. The zero-order chi connectivity index (χ0) is 21.9. The van der Waals surface area contributed by atoms with Crippen LogP contribution in [0.15, 0.2) is 24.4 Å². The average Bonchev–Trinajstić information content (AvgIpc) is 2.71. The predicted molar refractivity (Wildman–Crippen MR) is 105 cm³/mol. The van der Waals surface area contributed by atoms with Crippen LogP contribution in [-0.2, 0) is 32.1 Å². The summed E-state index contributed by atoms with van der Waals surface area (Å²) < 4.78 is 38.2. The normalized spacial score (nSPS) is 14.9. The van der Waals surface area contributed by atoms with Crippen molar-refractivity contribution in [3.63, 3.8) is 0 Å². The lowest BCUT2D eigenvalue weighted by Crippen LogP contribution is -2.43. The van der Waals surface area contributed by atoms with Crippen molar-refractivity contribution >= 4 is 17.6 Å². The van der Waals surface area contributed by atoms with Gasteiger partial charge in [0.05, 0.1) is 17.8 Å². The minimum atomic E-state index is -4.47. The van der Waals surface area contributed by atoms with Gasteiger partial charge in [-0.25, -0.2) is 14.8 Å². The van der Waals surface area contributed by atoms with Gasteiger partial charge in [0.25, 0.3) is 0 Å². The first-order chi connectivity index (χ1) is 14.2. The fourth-order valence-electron chi connectivity index (χ4n) is 3.14. The molecule has 3 rings (SSSR count). The summed E-state index contributed by atoms with van der Waals surface area (Å²) in [6.45, 7) is 2.75. The molecule has 2 amide bonds. The number of amides is 2. The van der Waals surface area contributed by atoms with E-state index in [0.717, 1.165) is 23.4 Å². The number of aliphatic hydroxyl groups excluding tert-OH is 1. The van der Waals surface area contributed by atoms with Gasteiger partial charge < -0.3 is 15.3 Å². The Bertz CT molecular complexity index is 923. The SMILES string of the molecule is C[C@@H](CO)Cc1ncc2c(n1)CN(C(=O)NCc1ccc(C(F)(F)F)cc1Cl)CC2. The van der Waals surface area contributed by atoms with E-state index in [9.17, 15) is 23.1 Å². The fourth-order valence-corrected chi connectivity index (χ4v) is 3.39. The quantitative estimate of drug-likeness (QED) is 0.741. The lowest BCUT2D eigenvalue weighted by Gasteiger charge is -2.28. The van der Waals surface area contributed by atoms with Crippen molar-refractivity contribution in [2.24, 2.45) is 5.92 Å². The van der Waals surface area contributed by atoms with Gasteiger partial charge in [0, 0.05) is 37.3 Å². The standard InChI is InChI=1S/C20H22ClF3N4O2/c1-12(11-29)6-18-25-9-14-4-5-28(10-17(14)27-18)19(30)26-8-13-2-3-15(7-16(13)21)20(22,23)24/h2-3,7,9,12,29H,4-6,8,10-11H2,1H3,(H,26,30)/t12-/m1/s1. The Kier molecular flexibility index (Phi) is 6.82. The summed E-state index contributed by atoms with van der Waals surface area (Å²) in [5.41, 5.74) is 1.31. The van der Waals surface area contributed by atoms with Crippen LogP contribution in [0.2, 0.25) is 5.02 Å². The number of rotatable bonds is 5. The maximum atomic E-state index is 12.7. The van der Waals surface area contributed by atoms with Gasteiger partial charge in [-0.1, -0.05) is 24.6 Å². The van der Waals surface area contributed by atoms with Crippen LogP contribution in [0.25, 0.3) is 0 Å². The monoisotopic (exact) mass is 442 g/mol. The van der Waals surface area contributed by atoms with E-state index >= 15 is 0 Å². The lowest BCUT2D eigenvalue weighted by molar-refractivity contribution is -0.137. The number of urea groups is 1. The van der Waals surface area contributed by atoms with Crippen LogP contribution in [0.1, 0.15) is 35.1 Å². The topological polar surface area (TPSA) is 78.4 Å². The van der Waals surface area contributed by atoms with Crippen LogP contribution in [0.3, 0.4) is 0 Å². The van der Waals surface area contributed by atoms with Crippen LogP contribution in [-0.4, -0.2) is 39.2 Å². The molecule has 0 bridgehead atoms. The summed E-state index contributed by atoms with van der Waals surface area (Å²) >= 11 is 5.94. The first-order valence-corrected chi connectivity index (χ1v) is 9.88. The molecule has 2 N–H and O–H groups in total. The Hall–Kier alpha value is -2.39. The summed E-state index contributed by atoms with van der Waals surface area (Å²) in [4.78, 5) is 23.0. The molecule has 0 fully saturated rings. The Balaban J connectivity index is 1.62. The number of nitrogens with one attached hydrogen (secondary N) is 1. The predicted octanol–water partition coefficient (Wildman–Crippen LogP) is 3.59. The number of fused-ring (bicyclic) bond motifs is 1. The highest BCUT2D eigenvalue weighted by Gasteiger charge is 2.31. The van der Waals surface area contributed by atoms with Crippen molar-refractivity contribution in [2.45, 2.75) is 39.0 Å². The zero-order valence-electron chi connectivity index (χ0n) is 16.3. The fraction of sp³-hybridized carbons (Fsp3) is 0.450. The smallest absolute Gasteiger partial charge is 0.396 e. The molecule has 2 heterocycles. The zero-order valence-corrected chi connectivity index (χ0v) is 17.1. The number of nitrogens with zero attached hydrogens (tertiary/aromatic N) is 3. The number of alkyl halides is 3. The van der Waals surface area contributed by atoms with E-state index < -0.39 is 11.7 Å². The van der Waals surface area contributed by atoms with Gasteiger partial charge in [-0.05, 0) is 35.6 Å². The minimum Gasteiger partial charge on any atom is -0.396 e. The Morgan fingerprint density at radius 3 is 2.83 bits per heavy atom. The van der Waals surface area contributed by atoms with E-state index in [0.29, 0.717) is 37.3 Å². The number of carbonyl (C=O) groups is 1. The minimum absolute atomic E-state index is 0.0161. The van der Waals surface area contributed by atoms with Crippen molar-refractivity contribution < 1.29 is 23.1 Å². The van der Waals surface area contributed by atoms with Gasteiger partial charge in [0.15, 0.2) is 0 Å². The second-order valence-corrected chi connectivity index (χ2v) is 7.79. The van der Waals surface area contributed by atoms with Gasteiger partial charge in [-0.15, -0.1) is 0 Å².